The summed E-state index contributed by atoms with van der Waals surface area (Å²) in [5.74, 6) is 0.954. The Kier molecular flexibility index (Phi) is 5.00. The van der Waals surface area contributed by atoms with Crippen molar-refractivity contribution in [3.63, 3.8) is 0 Å². The van der Waals surface area contributed by atoms with Gasteiger partial charge < -0.3 is 21.1 Å². The van der Waals surface area contributed by atoms with Gasteiger partial charge >= 0.3 is 0 Å². The third-order valence-corrected chi connectivity index (χ3v) is 4.27. The van der Waals surface area contributed by atoms with Crippen molar-refractivity contribution in [1.82, 2.24) is 15.3 Å². The highest BCUT2D eigenvalue weighted by atomic mass is 16.5. The lowest BCUT2D eigenvalue weighted by molar-refractivity contribution is 0.123. The molecule has 4 N–H and O–H groups in total. The zero-order valence-electron chi connectivity index (χ0n) is 14.7. The molecule has 1 aliphatic heterocycles. The van der Waals surface area contributed by atoms with Gasteiger partial charge in [-0.25, -0.2) is 4.98 Å². The van der Waals surface area contributed by atoms with Gasteiger partial charge in [-0.2, -0.15) is 4.98 Å². The monoisotopic (exact) mass is 337 g/mol. The van der Waals surface area contributed by atoms with Gasteiger partial charge in [0.1, 0.15) is 12.0 Å². The molecule has 2 heterocycles. The second-order valence-corrected chi connectivity index (χ2v) is 6.00. The molecule has 3 rings (SSSR count). The number of anilines is 2. The molecule has 1 aliphatic rings. The minimum absolute atomic E-state index is 0.109. The van der Waals surface area contributed by atoms with Crippen LogP contribution in [0.5, 0.6) is 0 Å². The van der Waals surface area contributed by atoms with E-state index < -0.39 is 0 Å². The van der Waals surface area contributed by atoms with Crippen LogP contribution in [0.4, 0.5) is 11.8 Å². The van der Waals surface area contributed by atoms with Crippen molar-refractivity contribution in [2.75, 3.05) is 24.7 Å². The number of hydrogen-bond donors (Lipinski definition) is 3. The van der Waals surface area contributed by atoms with Crippen molar-refractivity contribution in [2.45, 2.75) is 20.1 Å². The maximum absolute atomic E-state index is 5.92. The third-order valence-electron chi connectivity index (χ3n) is 4.27. The fraction of sp³-hybridized carbons (Fsp3) is 0.263. The predicted molar refractivity (Wildman–Crippen MR) is 101 cm³/mol. The molecule has 1 atom stereocenters. The Morgan fingerprint density at radius 1 is 1.28 bits per heavy atom. The number of aryl methyl sites for hydroxylation is 1. The molecule has 0 spiro atoms. The van der Waals surface area contributed by atoms with E-state index in [1.54, 1.807) is 7.11 Å². The fourth-order valence-corrected chi connectivity index (χ4v) is 2.72. The van der Waals surface area contributed by atoms with Crippen LogP contribution in [0.3, 0.4) is 0 Å². The summed E-state index contributed by atoms with van der Waals surface area (Å²) in [6.45, 7) is 4.80. The Bertz CT molecular complexity index is 829. The summed E-state index contributed by atoms with van der Waals surface area (Å²) in [5, 5.41) is 6.41. The molecule has 0 aliphatic carbocycles. The smallest absolute Gasteiger partial charge is 0.222 e. The highest BCUT2D eigenvalue weighted by Crippen LogP contribution is 2.26. The number of methoxy groups -OCH3 is 1. The van der Waals surface area contributed by atoms with Crippen LogP contribution >= 0.6 is 0 Å². The van der Waals surface area contributed by atoms with Crippen molar-refractivity contribution in [2.24, 2.45) is 0 Å². The normalized spacial score (nSPS) is 16.3. The Balaban J connectivity index is 1.82. The Labute approximate surface area is 147 Å². The SMILES string of the molecule is COC1C=C(CNc2cc(-c3cccc(C)c3C)nc(N)n2)C=CN1. The molecular weight excluding hydrogens is 314 g/mol. The summed E-state index contributed by atoms with van der Waals surface area (Å²) in [7, 11) is 1.67. The van der Waals surface area contributed by atoms with Crippen LogP contribution in [-0.2, 0) is 4.74 Å². The fourth-order valence-electron chi connectivity index (χ4n) is 2.72. The molecule has 0 amide bonds. The molecule has 1 aromatic heterocycles. The van der Waals surface area contributed by atoms with Crippen LogP contribution < -0.4 is 16.4 Å². The maximum Gasteiger partial charge on any atom is 0.222 e. The number of dihydropyridines is 1. The van der Waals surface area contributed by atoms with Crippen molar-refractivity contribution in [3.8, 4) is 11.3 Å². The maximum atomic E-state index is 5.92. The summed E-state index contributed by atoms with van der Waals surface area (Å²) >= 11 is 0. The van der Waals surface area contributed by atoms with Gasteiger partial charge in [0.15, 0.2) is 0 Å². The number of nitrogens with one attached hydrogen (secondary N) is 2. The molecule has 6 nitrogen and oxygen atoms in total. The van der Waals surface area contributed by atoms with Crippen molar-refractivity contribution in [1.29, 1.82) is 0 Å². The molecule has 2 aromatic rings. The van der Waals surface area contributed by atoms with E-state index >= 15 is 0 Å². The van der Waals surface area contributed by atoms with Crippen LogP contribution in [0.25, 0.3) is 11.3 Å². The lowest BCUT2D eigenvalue weighted by Crippen LogP contribution is -2.27. The van der Waals surface area contributed by atoms with Crippen molar-refractivity contribution < 1.29 is 4.74 Å². The molecule has 1 unspecified atom stereocenters. The first-order chi connectivity index (χ1) is 12.1. The van der Waals surface area contributed by atoms with Gasteiger partial charge in [0.05, 0.1) is 5.69 Å². The van der Waals surface area contributed by atoms with Gasteiger partial charge in [0.25, 0.3) is 0 Å². The van der Waals surface area contributed by atoms with Gasteiger partial charge in [0.2, 0.25) is 5.95 Å². The minimum Gasteiger partial charge on any atom is -0.368 e. The Morgan fingerprint density at radius 3 is 2.92 bits per heavy atom. The molecule has 25 heavy (non-hydrogen) atoms. The molecule has 0 bridgehead atoms. The van der Waals surface area contributed by atoms with Crippen molar-refractivity contribution in [3.05, 3.63) is 59.3 Å². The molecule has 6 heteroatoms. The number of benzene rings is 1. The van der Waals surface area contributed by atoms with E-state index in [0.29, 0.717) is 12.4 Å². The molecular formula is C19H23N5O. The standard InChI is InChI=1S/C19H23N5O/c1-12-5-4-6-15(13(12)2)16-10-17(24-19(20)23-16)22-11-14-7-8-21-18(9-14)25-3/h4-10,18,21H,11H2,1-3H3,(H3,20,22,23,24). The summed E-state index contributed by atoms with van der Waals surface area (Å²) in [6.07, 6.45) is 5.78. The number of nitrogen functional groups attached to an aromatic ring is 1. The zero-order valence-corrected chi connectivity index (χ0v) is 14.7. The topological polar surface area (TPSA) is 85.1 Å². The average Bonchev–Trinajstić information content (AvgIpc) is 2.62. The molecule has 130 valence electrons. The van der Waals surface area contributed by atoms with E-state index in [0.717, 1.165) is 16.8 Å². The first-order valence-corrected chi connectivity index (χ1v) is 8.18. The van der Waals surface area contributed by atoms with Crippen LogP contribution in [0.15, 0.2) is 48.2 Å². The first-order valence-electron chi connectivity index (χ1n) is 8.18. The number of rotatable bonds is 5. The van der Waals surface area contributed by atoms with Crippen LogP contribution in [0.1, 0.15) is 11.1 Å². The number of aromatic nitrogens is 2. The molecule has 0 saturated carbocycles. The van der Waals surface area contributed by atoms with Crippen LogP contribution in [0, 0.1) is 13.8 Å². The second-order valence-electron chi connectivity index (χ2n) is 6.00. The minimum atomic E-state index is -0.109. The highest BCUT2D eigenvalue weighted by molar-refractivity contribution is 5.68. The van der Waals surface area contributed by atoms with Gasteiger partial charge in [0, 0.05) is 25.3 Å². The van der Waals surface area contributed by atoms with Crippen LogP contribution in [-0.4, -0.2) is 29.9 Å². The van der Waals surface area contributed by atoms with E-state index in [1.807, 2.05) is 30.5 Å². The van der Waals surface area contributed by atoms with Gasteiger partial charge in [-0.1, -0.05) is 18.2 Å². The van der Waals surface area contributed by atoms with Crippen molar-refractivity contribution >= 4 is 11.8 Å². The number of hydrogen-bond acceptors (Lipinski definition) is 6. The second kappa shape index (κ2) is 7.36. The zero-order chi connectivity index (χ0) is 17.8. The largest absolute Gasteiger partial charge is 0.368 e. The Morgan fingerprint density at radius 2 is 2.12 bits per heavy atom. The molecule has 0 saturated heterocycles. The van der Waals surface area contributed by atoms with Gasteiger partial charge in [-0.3, -0.25) is 0 Å². The van der Waals surface area contributed by atoms with Crippen LogP contribution in [0.2, 0.25) is 0 Å². The highest BCUT2D eigenvalue weighted by Gasteiger charge is 2.10. The number of ether oxygens (including phenoxy) is 1. The predicted octanol–water partition coefficient (Wildman–Crippen LogP) is 2.77. The average molecular weight is 337 g/mol. The van der Waals surface area contributed by atoms with E-state index in [2.05, 4.69) is 46.6 Å². The van der Waals surface area contributed by atoms with Gasteiger partial charge in [-0.05, 0) is 48.9 Å². The van der Waals surface area contributed by atoms with E-state index in [-0.39, 0.29) is 12.2 Å². The number of nitrogens with zero attached hydrogens (tertiary/aromatic N) is 2. The number of nitrogens with two attached hydrogens (primary N) is 1. The summed E-state index contributed by atoms with van der Waals surface area (Å²) < 4.78 is 5.28. The Hall–Kier alpha value is -2.86. The third kappa shape index (κ3) is 3.97. The summed E-state index contributed by atoms with van der Waals surface area (Å²) in [6, 6.07) is 8.09. The van der Waals surface area contributed by atoms with E-state index in [1.165, 1.54) is 11.1 Å². The molecule has 0 fully saturated rings. The molecule has 1 aromatic carbocycles. The first kappa shape index (κ1) is 17.0. The summed E-state index contributed by atoms with van der Waals surface area (Å²) in [4.78, 5) is 8.69. The quantitative estimate of drug-likeness (QED) is 0.778. The molecule has 0 radical (unpaired) electrons. The summed E-state index contributed by atoms with van der Waals surface area (Å²) in [5.41, 5.74) is 11.3. The lowest BCUT2D eigenvalue weighted by Gasteiger charge is -2.18. The van der Waals surface area contributed by atoms with E-state index in [9.17, 15) is 0 Å². The van der Waals surface area contributed by atoms with Gasteiger partial charge in [-0.15, -0.1) is 0 Å². The lowest BCUT2D eigenvalue weighted by atomic mass is 10.0. The van der Waals surface area contributed by atoms with E-state index in [4.69, 9.17) is 10.5 Å².